The van der Waals surface area contributed by atoms with Crippen molar-refractivity contribution >= 4 is 0 Å². The Bertz CT molecular complexity index is 308. The van der Waals surface area contributed by atoms with E-state index in [1.54, 1.807) is 6.07 Å². The van der Waals surface area contributed by atoms with Crippen LogP contribution in [0.3, 0.4) is 0 Å². The van der Waals surface area contributed by atoms with E-state index in [1.807, 2.05) is 12.1 Å². The molecule has 1 heterocycles. The largest absolute Gasteiger partial charge is 0.300 e. The van der Waals surface area contributed by atoms with E-state index in [4.69, 9.17) is 0 Å². The molecule has 15 heavy (non-hydrogen) atoms. The molecule has 0 unspecified atom stereocenters. The Morgan fingerprint density at radius 2 is 1.93 bits per heavy atom. The van der Waals surface area contributed by atoms with E-state index in [9.17, 15) is 4.39 Å². The summed E-state index contributed by atoms with van der Waals surface area (Å²) in [5.41, 5.74) is 0.819. The number of hydrogen-bond donors (Lipinski definition) is 0. The summed E-state index contributed by atoms with van der Waals surface area (Å²) in [7, 11) is 0. The zero-order valence-electron chi connectivity index (χ0n) is 8.82. The first-order valence-electron chi connectivity index (χ1n) is 5.45. The minimum atomic E-state index is -0.0841. The highest BCUT2D eigenvalue weighted by Gasteiger charge is 2.10. The third-order valence-electron chi connectivity index (χ3n) is 2.80. The molecule has 1 aromatic rings. The first-order valence-corrected chi connectivity index (χ1v) is 5.45. The fraction of sp³-hybridized carbons (Fsp3) is 0.500. The molecule has 1 aromatic carbocycles. The molecule has 1 aliphatic heterocycles. The second-order valence-corrected chi connectivity index (χ2v) is 3.85. The van der Waals surface area contributed by atoms with E-state index in [1.165, 1.54) is 6.07 Å². The Hall–Kier alpha value is -0.930. The molecule has 2 rings (SSSR count). The van der Waals surface area contributed by atoms with Gasteiger partial charge in [-0.2, -0.15) is 0 Å². The van der Waals surface area contributed by atoms with Gasteiger partial charge in [0.15, 0.2) is 0 Å². The summed E-state index contributed by atoms with van der Waals surface area (Å²) >= 11 is 0. The van der Waals surface area contributed by atoms with Crippen LogP contribution in [0, 0.1) is 5.82 Å². The van der Waals surface area contributed by atoms with Crippen molar-refractivity contribution in [2.45, 2.75) is 6.42 Å². The maximum Gasteiger partial charge on any atom is 0.126 e. The fourth-order valence-corrected chi connectivity index (χ4v) is 1.85. The highest BCUT2D eigenvalue weighted by atomic mass is 19.1. The second kappa shape index (κ2) is 5.24. The first kappa shape index (κ1) is 10.6. The molecule has 81 valence electrons. The lowest BCUT2D eigenvalue weighted by molar-refractivity contribution is 0.240. The number of rotatable bonds is 3. The van der Waals surface area contributed by atoms with Gasteiger partial charge in [0.05, 0.1) is 0 Å². The van der Waals surface area contributed by atoms with E-state index < -0.39 is 0 Å². The van der Waals surface area contributed by atoms with Crippen LogP contribution in [0.2, 0.25) is 0 Å². The third kappa shape index (κ3) is 3.01. The molecule has 1 radical (unpaired) electrons. The van der Waals surface area contributed by atoms with Gasteiger partial charge in [-0.05, 0) is 18.1 Å². The fourth-order valence-electron chi connectivity index (χ4n) is 1.85. The van der Waals surface area contributed by atoms with Crippen molar-refractivity contribution in [1.82, 2.24) is 10.2 Å². The summed E-state index contributed by atoms with van der Waals surface area (Å²) in [6.45, 7) is 4.84. The number of hydrogen-bond acceptors (Lipinski definition) is 1. The van der Waals surface area contributed by atoms with E-state index in [0.29, 0.717) is 0 Å². The van der Waals surface area contributed by atoms with Gasteiger partial charge in [-0.1, -0.05) is 18.2 Å². The van der Waals surface area contributed by atoms with E-state index in [2.05, 4.69) is 10.2 Å². The van der Waals surface area contributed by atoms with Crippen LogP contribution in [0.25, 0.3) is 0 Å². The predicted octanol–water partition coefficient (Wildman–Crippen LogP) is 1.29. The Morgan fingerprint density at radius 3 is 2.67 bits per heavy atom. The zero-order valence-corrected chi connectivity index (χ0v) is 8.82. The van der Waals surface area contributed by atoms with Crippen LogP contribution in [-0.2, 0) is 6.42 Å². The van der Waals surface area contributed by atoms with Crippen molar-refractivity contribution in [2.75, 3.05) is 32.7 Å². The van der Waals surface area contributed by atoms with Crippen molar-refractivity contribution < 1.29 is 4.39 Å². The van der Waals surface area contributed by atoms with Crippen LogP contribution in [0.15, 0.2) is 24.3 Å². The summed E-state index contributed by atoms with van der Waals surface area (Å²) in [5.74, 6) is -0.0841. The quantitative estimate of drug-likeness (QED) is 0.730. The average molecular weight is 207 g/mol. The lowest BCUT2D eigenvalue weighted by Crippen LogP contribution is -2.41. The molecule has 1 fully saturated rings. The van der Waals surface area contributed by atoms with Gasteiger partial charge in [0.1, 0.15) is 5.82 Å². The molecule has 1 aliphatic rings. The normalized spacial score (nSPS) is 17.9. The van der Waals surface area contributed by atoms with E-state index >= 15 is 0 Å². The molecule has 0 aliphatic carbocycles. The first-order chi connectivity index (χ1) is 7.36. The smallest absolute Gasteiger partial charge is 0.126 e. The molecule has 0 amide bonds. The van der Waals surface area contributed by atoms with Gasteiger partial charge in [0.2, 0.25) is 0 Å². The monoisotopic (exact) mass is 207 g/mol. The van der Waals surface area contributed by atoms with E-state index in [0.717, 1.165) is 44.7 Å². The Labute approximate surface area is 90.1 Å². The van der Waals surface area contributed by atoms with Crippen molar-refractivity contribution in [3.8, 4) is 0 Å². The highest BCUT2D eigenvalue weighted by molar-refractivity contribution is 5.17. The number of halogens is 1. The molecule has 1 saturated heterocycles. The molecular weight excluding hydrogens is 191 g/mol. The standard InChI is InChI=1S/C12H16FN2/c13-12-4-2-1-3-11(12)5-8-15-9-6-14-7-10-15/h1-4H,5-10H2. The van der Waals surface area contributed by atoms with Gasteiger partial charge < -0.3 is 4.90 Å². The minimum Gasteiger partial charge on any atom is -0.300 e. The van der Waals surface area contributed by atoms with Crippen LogP contribution in [0.1, 0.15) is 5.56 Å². The van der Waals surface area contributed by atoms with Crippen molar-refractivity contribution in [1.29, 1.82) is 0 Å². The topological polar surface area (TPSA) is 17.3 Å². The zero-order chi connectivity index (χ0) is 10.5. The molecule has 0 saturated carbocycles. The van der Waals surface area contributed by atoms with E-state index in [-0.39, 0.29) is 5.82 Å². The predicted molar refractivity (Wildman–Crippen MR) is 58.4 cm³/mol. The summed E-state index contributed by atoms with van der Waals surface area (Å²) in [5, 5.41) is 4.28. The average Bonchev–Trinajstić information content (AvgIpc) is 2.29. The lowest BCUT2D eigenvalue weighted by Gasteiger charge is -2.26. The second-order valence-electron chi connectivity index (χ2n) is 3.85. The summed E-state index contributed by atoms with van der Waals surface area (Å²) in [4.78, 5) is 2.35. The summed E-state index contributed by atoms with van der Waals surface area (Å²) < 4.78 is 13.3. The van der Waals surface area contributed by atoms with Gasteiger partial charge in [0, 0.05) is 32.7 Å². The van der Waals surface area contributed by atoms with Crippen molar-refractivity contribution in [2.24, 2.45) is 0 Å². The van der Waals surface area contributed by atoms with Gasteiger partial charge >= 0.3 is 0 Å². The maximum atomic E-state index is 13.3. The molecular formula is C12H16FN2. The number of nitrogens with zero attached hydrogens (tertiary/aromatic N) is 2. The van der Waals surface area contributed by atoms with Gasteiger partial charge in [0.25, 0.3) is 0 Å². The van der Waals surface area contributed by atoms with Crippen molar-refractivity contribution in [3.63, 3.8) is 0 Å². The van der Waals surface area contributed by atoms with Crippen LogP contribution in [0.4, 0.5) is 4.39 Å². The molecule has 0 bridgehead atoms. The summed E-state index contributed by atoms with van der Waals surface area (Å²) in [6.07, 6.45) is 0.798. The molecule has 0 N–H and O–H groups in total. The summed E-state index contributed by atoms with van der Waals surface area (Å²) in [6, 6.07) is 7.02. The lowest BCUT2D eigenvalue weighted by atomic mass is 10.1. The third-order valence-corrected chi connectivity index (χ3v) is 2.80. The Balaban J connectivity index is 1.84. The van der Waals surface area contributed by atoms with Crippen molar-refractivity contribution in [3.05, 3.63) is 35.6 Å². The van der Waals surface area contributed by atoms with Gasteiger partial charge in [-0.3, -0.25) is 0 Å². The van der Waals surface area contributed by atoms with Crippen LogP contribution in [-0.4, -0.2) is 37.6 Å². The number of benzene rings is 1. The molecule has 0 spiro atoms. The minimum absolute atomic E-state index is 0.0841. The van der Waals surface area contributed by atoms with Crippen LogP contribution < -0.4 is 5.32 Å². The SMILES string of the molecule is Fc1ccccc1CCN1CC[N]CC1. The molecule has 3 heteroatoms. The van der Waals surface area contributed by atoms with Crippen LogP contribution in [0.5, 0.6) is 0 Å². The number of piperazine rings is 1. The van der Waals surface area contributed by atoms with Gasteiger partial charge in [-0.15, -0.1) is 0 Å². The molecule has 2 nitrogen and oxygen atoms in total. The molecule has 0 aromatic heterocycles. The highest BCUT2D eigenvalue weighted by Crippen LogP contribution is 2.08. The maximum absolute atomic E-state index is 13.3. The molecule has 0 atom stereocenters. The Morgan fingerprint density at radius 1 is 1.20 bits per heavy atom. The Kier molecular flexibility index (Phi) is 3.69. The van der Waals surface area contributed by atoms with Gasteiger partial charge in [-0.25, -0.2) is 9.71 Å². The van der Waals surface area contributed by atoms with Crippen LogP contribution >= 0.6 is 0 Å².